The summed E-state index contributed by atoms with van der Waals surface area (Å²) < 4.78 is 11.9. The molecule has 0 amide bonds. The topological polar surface area (TPSA) is 91.5 Å². The summed E-state index contributed by atoms with van der Waals surface area (Å²) in [4.78, 5) is 22.2. The molecule has 6 rings (SSSR count). The molecule has 0 aliphatic carbocycles. The van der Waals surface area contributed by atoms with E-state index in [9.17, 15) is 4.79 Å². The number of ether oxygens (including phenoxy) is 2. The van der Waals surface area contributed by atoms with Crippen molar-refractivity contribution in [1.29, 1.82) is 0 Å². The van der Waals surface area contributed by atoms with Gasteiger partial charge in [0.15, 0.2) is 0 Å². The monoisotopic (exact) mass is 523 g/mol. The van der Waals surface area contributed by atoms with Crippen LogP contribution in [0.2, 0.25) is 0 Å². The number of H-pyrrole nitrogens is 1. The second-order valence-corrected chi connectivity index (χ2v) is 10.3. The fourth-order valence-electron chi connectivity index (χ4n) is 5.18. The van der Waals surface area contributed by atoms with Crippen molar-refractivity contribution in [3.05, 3.63) is 94.0 Å². The number of hydrogen-bond acceptors (Lipinski definition) is 7. The number of pyridine rings is 2. The summed E-state index contributed by atoms with van der Waals surface area (Å²) in [6, 6.07) is 18.5. The third kappa shape index (κ3) is 5.61. The van der Waals surface area contributed by atoms with Crippen LogP contribution < -0.4 is 25.8 Å². The van der Waals surface area contributed by atoms with Crippen molar-refractivity contribution < 1.29 is 9.47 Å². The molecule has 0 saturated carbocycles. The van der Waals surface area contributed by atoms with Gasteiger partial charge in [0.1, 0.15) is 11.5 Å². The third-order valence-electron chi connectivity index (χ3n) is 6.99. The molecule has 2 aromatic heterocycles. The van der Waals surface area contributed by atoms with Gasteiger partial charge < -0.3 is 30.0 Å². The second kappa shape index (κ2) is 10.8. The number of aromatic nitrogens is 2. The van der Waals surface area contributed by atoms with Crippen LogP contribution in [0, 0.1) is 0 Å². The van der Waals surface area contributed by atoms with E-state index < -0.39 is 0 Å². The fourth-order valence-corrected chi connectivity index (χ4v) is 5.18. The average molecular weight is 524 g/mol. The van der Waals surface area contributed by atoms with E-state index in [1.54, 1.807) is 6.07 Å². The first-order chi connectivity index (χ1) is 19.0. The van der Waals surface area contributed by atoms with Gasteiger partial charge in [0.05, 0.1) is 24.6 Å². The summed E-state index contributed by atoms with van der Waals surface area (Å²) in [5.41, 5.74) is 7.79. The minimum atomic E-state index is -0.126. The fraction of sp³-hybridized carbons (Fsp3) is 0.290. The zero-order chi connectivity index (χ0) is 26.8. The lowest BCUT2D eigenvalue weighted by Gasteiger charge is -2.29. The largest absolute Gasteiger partial charge is 0.456 e. The average Bonchev–Trinajstić information content (AvgIpc) is 2.94. The first kappa shape index (κ1) is 25.0. The summed E-state index contributed by atoms with van der Waals surface area (Å²) in [5.74, 6) is 1.62. The molecule has 0 unspecified atom stereocenters. The number of anilines is 3. The molecule has 4 aromatic rings. The summed E-state index contributed by atoms with van der Waals surface area (Å²) in [7, 11) is 0. The minimum absolute atomic E-state index is 0.126. The lowest BCUT2D eigenvalue weighted by molar-refractivity contribution is 0.122. The Morgan fingerprint density at radius 3 is 2.72 bits per heavy atom. The summed E-state index contributed by atoms with van der Waals surface area (Å²) in [6.07, 6.45) is 4.48. The van der Waals surface area contributed by atoms with Crippen LogP contribution in [0.15, 0.2) is 71.8 Å². The highest BCUT2D eigenvalue weighted by molar-refractivity contribution is 5.74. The number of aromatic amines is 1. The molecule has 0 bridgehead atoms. The summed E-state index contributed by atoms with van der Waals surface area (Å²) >= 11 is 0. The standard InChI is InChI=1S/C31H33N5O3/c1-20(2)34-25-12-21(17-32-19-25)18-33-24-6-7-29-23(14-24)13-22-4-3-5-27(31(22)39-29)28-15-26(16-30(37)35-28)36-8-10-38-11-9-36/h3-7,12,14-17,19-20,33-34H,8-11,13,18H2,1-2H3,(H,35,37). The zero-order valence-electron chi connectivity index (χ0n) is 22.3. The van der Waals surface area contributed by atoms with Gasteiger partial charge in [-0.3, -0.25) is 9.78 Å². The number of para-hydroxylation sites is 1. The van der Waals surface area contributed by atoms with Gasteiger partial charge in [0.25, 0.3) is 0 Å². The molecule has 4 heterocycles. The van der Waals surface area contributed by atoms with E-state index in [-0.39, 0.29) is 5.56 Å². The van der Waals surface area contributed by atoms with E-state index in [2.05, 4.69) is 57.5 Å². The Kier molecular flexibility index (Phi) is 6.94. The van der Waals surface area contributed by atoms with Gasteiger partial charge in [0, 0.05) is 73.1 Å². The van der Waals surface area contributed by atoms with Gasteiger partial charge in [-0.1, -0.05) is 12.1 Å². The minimum Gasteiger partial charge on any atom is -0.456 e. The van der Waals surface area contributed by atoms with Gasteiger partial charge in [-0.2, -0.15) is 0 Å². The van der Waals surface area contributed by atoms with Gasteiger partial charge in [-0.05, 0) is 61.4 Å². The smallest absolute Gasteiger partial charge is 0.250 e. The van der Waals surface area contributed by atoms with E-state index in [1.807, 2.05) is 42.7 Å². The summed E-state index contributed by atoms with van der Waals surface area (Å²) in [5, 5.41) is 6.92. The molecule has 1 saturated heterocycles. The highest BCUT2D eigenvalue weighted by Crippen LogP contribution is 2.43. The molecule has 2 aromatic carbocycles. The predicted octanol–water partition coefficient (Wildman–Crippen LogP) is 5.40. The normalized spacial score (nSPS) is 14.4. The number of morpholine rings is 1. The quantitative estimate of drug-likeness (QED) is 0.263. The van der Waals surface area contributed by atoms with Crippen LogP contribution in [0.5, 0.6) is 11.5 Å². The molecule has 2 aliphatic heterocycles. The Labute approximate surface area is 228 Å². The predicted molar refractivity (Wildman–Crippen MR) is 155 cm³/mol. The highest BCUT2D eigenvalue weighted by atomic mass is 16.5. The van der Waals surface area contributed by atoms with Crippen LogP contribution >= 0.6 is 0 Å². The Hall–Kier alpha value is -4.30. The maximum absolute atomic E-state index is 12.6. The van der Waals surface area contributed by atoms with Crippen LogP contribution in [0.1, 0.15) is 30.5 Å². The van der Waals surface area contributed by atoms with E-state index in [0.29, 0.717) is 25.8 Å². The van der Waals surface area contributed by atoms with Gasteiger partial charge >= 0.3 is 0 Å². The van der Waals surface area contributed by atoms with E-state index >= 15 is 0 Å². The van der Waals surface area contributed by atoms with Crippen molar-refractivity contribution in [2.75, 3.05) is 41.8 Å². The molecule has 0 atom stereocenters. The van der Waals surface area contributed by atoms with Gasteiger partial charge in [0.2, 0.25) is 5.56 Å². The third-order valence-corrected chi connectivity index (χ3v) is 6.99. The van der Waals surface area contributed by atoms with Crippen LogP contribution in [-0.2, 0) is 17.7 Å². The molecule has 1 fully saturated rings. The lowest BCUT2D eigenvalue weighted by Crippen LogP contribution is -2.36. The number of fused-ring (bicyclic) bond motifs is 2. The molecule has 8 heteroatoms. The van der Waals surface area contributed by atoms with Crippen molar-refractivity contribution in [3.63, 3.8) is 0 Å². The Bertz CT molecular complexity index is 1540. The first-order valence-corrected chi connectivity index (χ1v) is 13.5. The Morgan fingerprint density at radius 2 is 1.87 bits per heavy atom. The second-order valence-electron chi connectivity index (χ2n) is 10.3. The highest BCUT2D eigenvalue weighted by Gasteiger charge is 2.22. The Balaban J connectivity index is 1.22. The van der Waals surface area contributed by atoms with Crippen LogP contribution in [0.25, 0.3) is 11.3 Å². The molecule has 39 heavy (non-hydrogen) atoms. The van der Waals surface area contributed by atoms with Crippen molar-refractivity contribution in [3.8, 4) is 22.8 Å². The van der Waals surface area contributed by atoms with Crippen molar-refractivity contribution in [2.45, 2.75) is 32.9 Å². The molecule has 8 nitrogen and oxygen atoms in total. The van der Waals surface area contributed by atoms with Crippen LogP contribution in [0.4, 0.5) is 17.1 Å². The van der Waals surface area contributed by atoms with Gasteiger partial charge in [-0.15, -0.1) is 0 Å². The van der Waals surface area contributed by atoms with E-state index in [1.165, 1.54) is 0 Å². The number of nitrogens with one attached hydrogen (secondary N) is 3. The van der Waals surface area contributed by atoms with Crippen molar-refractivity contribution >= 4 is 17.1 Å². The molecule has 0 radical (unpaired) electrons. The molecule has 0 spiro atoms. The molecular formula is C31H33N5O3. The molecule has 2 aliphatic rings. The van der Waals surface area contributed by atoms with E-state index in [0.717, 1.165) is 76.0 Å². The van der Waals surface area contributed by atoms with Crippen molar-refractivity contribution in [1.82, 2.24) is 9.97 Å². The van der Waals surface area contributed by atoms with E-state index in [4.69, 9.17) is 9.47 Å². The SMILES string of the molecule is CC(C)Nc1cncc(CNc2ccc3c(c2)Cc2cccc(-c4cc(N5CCOCC5)cc(=O)[nH]4)c2O3)c1. The number of nitrogens with zero attached hydrogens (tertiary/aromatic N) is 2. The maximum atomic E-state index is 12.6. The molecule has 3 N–H and O–H groups in total. The Morgan fingerprint density at radius 1 is 1.00 bits per heavy atom. The maximum Gasteiger partial charge on any atom is 0.250 e. The number of rotatable bonds is 7. The van der Waals surface area contributed by atoms with Crippen molar-refractivity contribution in [2.24, 2.45) is 0 Å². The number of hydrogen-bond donors (Lipinski definition) is 3. The van der Waals surface area contributed by atoms with Crippen LogP contribution in [-0.4, -0.2) is 42.3 Å². The van der Waals surface area contributed by atoms with Gasteiger partial charge in [-0.25, -0.2) is 0 Å². The molecule has 200 valence electrons. The van der Waals surface area contributed by atoms with Crippen LogP contribution in [0.3, 0.4) is 0 Å². The summed E-state index contributed by atoms with van der Waals surface area (Å²) in [6.45, 7) is 7.77. The number of benzene rings is 2. The first-order valence-electron chi connectivity index (χ1n) is 13.5. The zero-order valence-corrected chi connectivity index (χ0v) is 22.3. The molecular weight excluding hydrogens is 490 g/mol. The lowest BCUT2D eigenvalue weighted by atomic mass is 9.96.